The summed E-state index contributed by atoms with van der Waals surface area (Å²) in [6.07, 6.45) is 10.6. The van der Waals surface area contributed by atoms with Crippen molar-refractivity contribution >= 4 is 17.9 Å². The molecule has 1 unspecified atom stereocenters. The fraction of sp³-hybridized carbons (Fsp3) is 0.0952. The molecule has 24 heavy (non-hydrogen) atoms. The molecule has 0 spiro atoms. The molecule has 0 aromatic heterocycles. The van der Waals surface area contributed by atoms with E-state index in [1.165, 1.54) is 0 Å². The molecule has 1 aliphatic carbocycles. The van der Waals surface area contributed by atoms with E-state index in [0.717, 1.165) is 17.5 Å². The SMILES string of the molecule is N=C(/N=C(\N=C\c1ccccc1)c1ccccc1)C1C=CC=CC1. The Morgan fingerprint density at radius 3 is 2.33 bits per heavy atom. The number of nitrogens with one attached hydrogen (secondary N) is 1. The molecule has 0 radical (unpaired) electrons. The lowest BCUT2D eigenvalue weighted by Gasteiger charge is -2.11. The zero-order valence-electron chi connectivity index (χ0n) is 13.3. The van der Waals surface area contributed by atoms with Crippen LogP contribution in [0, 0.1) is 11.3 Å². The lowest BCUT2D eigenvalue weighted by Crippen LogP contribution is -2.12. The molecule has 0 saturated heterocycles. The van der Waals surface area contributed by atoms with Crippen LogP contribution in [0.1, 0.15) is 17.5 Å². The second-order valence-corrected chi connectivity index (χ2v) is 5.51. The Hall–Kier alpha value is -3.07. The number of amidine groups is 2. The molecule has 0 heterocycles. The van der Waals surface area contributed by atoms with Gasteiger partial charge >= 0.3 is 0 Å². The topological polar surface area (TPSA) is 48.6 Å². The molecule has 3 rings (SSSR count). The van der Waals surface area contributed by atoms with Crippen molar-refractivity contribution in [1.29, 1.82) is 5.41 Å². The fourth-order valence-corrected chi connectivity index (χ4v) is 2.41. The summed E-state index contributed by atoms with van der Waals surface area (Å²) in [5.41, 5.74) is 1.91. The first-order chi connectivity index (χ1) is 11.8. The van der Waals surface area contributed by atoms with Crippen molar-refractivity contribution < 1.29 is 0 Å². The minimum atomic E-state index is 0.0145. The molecule has 0 amide bonds. The van der Waals surface area contributed by atoms with Gasteiger partial charge in [0.1, 0.15) is 5.84 Å². The summed E-state index contributed by atoms with van der Waals surface area (Å²) < 4.78 is 0. The summed E-state index contributed by atoms with van der Waals surface area (Å²) in [7, 11) is 0. The maximum absolute atomic E-state index is 8.30. The molecule has 118 valence electrons. The number of nitrogens with zero attached hydrogens (tertiary/aromatic N) is 2. The van der Waals surface area contributed by atoms with Gasteiger partial charge in [-0.25, -0.2) is 9.98 Å². The van der Waals surface area contributed by atoms with Crippen LogP contribution in [0.15, 0.2) is 95.0 Å². The van der Waals surface area contributed by atoms with E-state index >= 15 is 0 Å². The van der Waals surface area contributed by atoms with Gasteiger partial charge in [0.05, 0.1) is 0 Å². The molecule has 3 heteroatoms. The van der Waals surface area contributed by atoms with Gasteiger partial charge in [-0.15, -0.1) is 0 Å². The lowest BCUT2D eigenvalue weighted by atomic mass is 10.00. The minimum Gasteiger partial charge on any atom is -0.286 e. The fourth-order valence-electron chi connectivity index (χ4n) is 2.41. The number of hydrogen-bond acceptors (Lipinski definition) is 1. The van der Waals surface area contributed by atoms with Crippen molar-refractivity contribution in [1.82, 2.24) is 0 Å². The number of hydrogen-bond donors (Lipinski definition) is 1. The van der Waals surface area contributed by atoms with Gasteiger partial charge in [0.25, 0.3) is 0 Å². The number of allylic oxidation sites excluding steroid dienone is 3. The van der Waals surface area contributed by atoms with Gasteiger partial charge < -0.3 is 0 Å². The van der Waals surface area contributed by atoms with E-state index in [-0.39, 0.29) is 5.92 Å². The zero-order chi connectivity index (χ0) is 16.6. The van der Waals surface area contributed by atoms with Crippen LogP contribution in [-0.4, -0.2) is 17.9 Å². The highest BCUT2D eigenvalue weighted by Crippen LogP contribution is 2.15. The summed E-state index contributed by atoms with van der Waals surface area (Å²) in [5.74, 6) is 0.910. The van der Waals surface area contributed by atoms with E-state index in [9.17, 15) is 0 Å². The van der Waals surface area contributed by atoms with Crippen molar-refractivity contribution in [2.75, 3.05) is 0 Å². The third kappa shape index (κ3) is 4.23. The molecule has 2 aromatic carbocycles. The highest BCUT2D eigenvalue weighted by molar-refractivity contribution is 6.10. The van der Waals surface area contributed by atoms with Crippen molar-refractivity contribution in [2.45, 2.75) is 6.42 Å². The Labute approximate surface area is 142 Å². The first-order valence-corrected chi connectivity index (χ1v) is 7.98. The minimum absolute atomic E-state index is 0.0145. The standard InChI is InChI=1S/C21H19N3/c22-20(18-12-6-2-7-13-18)24-21(19-14-8-3-9-15-19)23-16-17-10-4-1-5-11-17/h1-12,14-16,18,22H,13H2/b22-20?,23-16+,24-21-. The molecular formula is C21H19N3. The first-order valence-electron chi connectivity index (χ1n) is 7.98. The van der Waals surface area contributed by atoms with Gasteiger partial charge in [0.2, 0.25) is 0 Å². The van der Waals surface area contributed by atoms with Crippen molar-refractivity contribution in [2.24, 2.45) is 15.9 Å². The maximum Gasteiger partial charge on any atom is 0.161 e. The Kier molecular flexibility index (Phi) is 5.25. The quantitative estimate of drug-likeness (QED) is 0.633. The van der Waals surface area contributed by atoms with Crippen LogP contribution >= 0.6 is 0 Å². The average molecular weight is 313 g/mol. The highest BCUT2D eigenvalue weighted by atomic mass is 15.0. The molecule has 1 N–H and O–H groups in total. The lowest BCUT2D eigenvalue weighted by molar-refractivity contribution is 0.852. The van der Waals surface area contributed by atoms with Crippen molar-refractivity contribution in [3.05, 3.63) is 96.1 Å². The van der Waals surface area contributed by atoms with Crippen LogP contribution < -0.4 is 0 Å². The number of benzene rings is 2. The zero-order valence-corrected chi connectivity index (χ0v) is 13.3. The van der Waals surface area contributed by atoms with Gasteiger partial charge in [-0.2, -0.15) is 0 Å². The van der Waals surface area contributed by atoms with Crippen molar-refractivity contribution in [3.8, 4) is 0 Å². The van der Waals surface area contributed by atoms with Gasteiger partial charge in [0, 0.05) is 17.7 Å². The van der Waals surface area contributed by atoms with Crippen LogP contribution in [0.25, 0.3) is 0 Å². The van der Waals surface area contributed by atoms with Crippen LogP contribution in [-0.2, 0) is 0 Å². The first kappa shape index (κ1) is 15.8. The van der Waals surface area contributed by atoms with E-state index in [1.54, 1.807) is 6.21 Å². The van der Waals surface area contributed by atoms with E-state index < -0.39 is 0 Å². The normalized spacial score (nSPS) is 17.3. The number of rotatable bonds is 3. The van der Waals surface area contributed by atoms with Gasteiger partial charge in [-0.3, -0.25) is 5.41 Å². The van der Waals surface area contributed by atoms with Crippen LogP contribution in [0.3, 0.4) is 0 Å². The molecule has 0 bridgehead atoms. The third-order valence-electron chi connectivity index (χ3n) is 3.73. The van der Waals surface area contributed by atoms with E-state index in [4.69, 9.17) is 5.41 Å². The summed E-state index contributed by atoms with van der Waals surface area (Å²) >= 11 is 0. The summed E-state index contributed by atoms with van der Waals surface area (Å²) in [6, 6.07) is 19.7. The van der Waals surface area contributed by atoms with Crippen LogP contribution in [0.2, 0.25) is 0 Å². The molecule has 0 saturated carbocycles. The smallest absolute Gasteiger partial charge is 0.161 e. The van der Waals surface area contributed by atoms with Gasteiger partial charge in [-0.1, -0.05) is 85.0 Å². The van der Waals surface area contributed by atoms with E-state index in [1.807, 2.05) is 78.9 Å². The summed E-state index contributed by atoms with van der Waals surface area (Å²) in [6.45, 7) is 0. The van der Waals surface area contributed by atoms with Crippen LogP contribution in [0.4, 0.5) is 0 Å². The maximum atomic E-state index is 8.30. The van der Waals surface area contributed by atoms with Gasteiger partial charge in [-0.05, 0) is 12.0 Å². The average Bonchev–Trinajstić information content (AvgIpc) is 2.67. The van der Waals surface area contributed by atoms with E-state index in [0.29, 0.717) is 11.7 Å². The molecule has 2 aromatic rings. The predicted octanol–water partition coefficient (Wildman–Crippen LogP) is 4.66. The van der Waals surface area contributed by atoms with Crippen LogP contribution in [0.5, 0.6) is 0 Å². The Morgan fingerprint density at radius 1 is 0.958 bits per heavy atom. The second kappa shape index (κ2) is 7.97. The molecule has 3 nitrogen and oxygen atoms in total. The Morgan fingerprint density at radius 2 is 1.67 bits per heavy atom. The van der Waals surface area contributed by atoms with Crippen molar-refractivity contribution in [3.63, 3.8) is 0 Å². The second-order valence-electron chi connectivity index (χ2n) is 5.51. The third-order valence-corrected chi connectivity index (χ3v) is 3.73. The Balaban J connectivity index is 1.89. The number of aliphatic imine (C=N–C) groups is 2. The molecule has 0 aliphatic heterocycles. The molecule has 0 fully saturated rings. The largest absolute Gasteiger partial charge is 0.286 e. The monoisotopic (exact) mass is 313 g/mol. The molecule has 1 atom stereocenters. The summed E-state index contributed by atoms with van der Waals surface area (Å²) in [4.78, 5) is 9.04. The molecular weight excluding hydrogens is 294 g/mol. The Bertz CT molecular complexity index is 799. The van der Waals surface area contributed by atoms with Gasteiger partial charge in [0.15, 0.2) is 5.84 Å². The van der Waals surface area contributed by atoms with E-state index in [2.05, 4.69) is 16.1 Å². The highest BCUT2D eigenvalue weighted by Gasteiger charge is 2.12. The molecule has 1 aliphatic rings. The predicted molar refractivity (Wildman–Crippen MR) is 101 cm³/mol. The summed E-state index contributed by atoms with van der Waals surface area (Å²) in [5, 5.41) is 8.30.